The van der Waals surface area contributed by atoms with Gasteiger partial charge in [0.15, 0.2) is 5.96 Å². The van der Waals surface area contributed by atoms with Gasteiger partial charge in [-0.25, -0.2) is 9.98 Å². The van der Waals surface area contributed by atoms with Crippen molar-refractivity contribution in [2.45, 2.75) is 53.0 Å². The summed E-state index contributed by atoms with van der Waals surface area (Å²) in [6.07, 6.45) is 3.28. The van der Waals surface area contributed by atoms with E-state index in [4.69, 9.17) is 9.73 Å². The molecule has 33 heavy (non-hydrogen) atoms. The summed E-state index contributed by atoms with van der Waals surface area (Å²) in [7, 11) is 0. The number of aliphatic imine (C=N–C) groups is 1. The predicted octanol–water partition coefficient (Wildman–Crippen LogP) is 3.82. The second kappa shape index (κ2) is 12.1. The highest BCUT2D eigenvalue weighted by atomic mass is 16.5. The van der Waals surface area contributed by atoms with Gasteiger partial charge in [0.2, 0.25) is 0 Å². The van der Waals surface area contributed by atoms with Gasteiger partial charge in [-0.05, 0) is 56.5 Å². The second-order valence-electron chi connectivity index (χ2n) is 8.25. The molecule has 0 radical (unpaired) electrons. The van der Waals surface area contributed by atoms with Gasteiger partial charge in [-0.2, -0.15) is 0 Å². The molecule has 0 aliphatic carbocycles. The Morgan fingerprint density at radius 3 is 2.55 bits per heavy atom. The lowest BCUT2D eigenvalue weighted by molar-refractivity contribution is 0.180. The van der Waals surface area contributed by atoms with E-state index in [2.05, 4.69) is 44.5 Å². The van der Waals surface area contributed by atoms with Crippen molar-refractivity contribution in [1.29, 1.82) is 0 Å². The molecule has 1 aromatic heterocycles. The monoisotopic (exact) mass is 449 g/mol. The maximum absolute atomic E-state index is 10.6. The number of aromatic nitrogens is 2. The Morgan fingerprint density at radius 2 is 1.88 bits per heavy atom. The zero-order chi connectivity index (χ0) is 23.6. The maximum atomic E-state index is 10.6. The molecule has 0 spiro atoms. The summed E-state index contributed by atoms with van der Waals surface area (Å²) in [5, 5.41) is 17.1. The van der Waals surface area contributed by atoms with Gasteiger partial charge >= 0.3 is 0 Å². The van der Waals surface area contributed by atoms with E-state index in [9.17, 15) is 5.11 Å². The van der Waals surface area contributed by atoms with Crippen LogP contribution in [0, 0.1) is 6.92 Å². The molecule has 7 nitrogen and oxygen atoms in total. The third-order valence-electron chi connectivity index (χ3n) is 5.13. The standard InChI is InChI=1S/C26H35N5O2/c1-5-27-26(30-17-25(32)23-9-11-24(12-10-23)33-19(2)3)29-16-21-7-6-8-22(15-21)18-31-14-13-28-20(31)4/h6-15,19,25,32H,5,16-18H2,1-4H3,(H2,27,29,30). The Morgan fingerprint density at radius 1 is 1.12 bits per heavy atom. The number of rotatable bonds is 10. The average Bonchev–Trinajstić information content (AvgIpc) is 3.20. The minimum atomic E-state index is -0.649. The number of aliphatic hydroxyl groups excluding tert-OH is 1. The Bertz CT molecular complexity index is 1030. The fourth-order valence-corrected chi connectivity index (χ4v) is 3.46. The van der Waals surface area contributed by atoms with Crippen LogP contribution in [0.25, 0.3) is 0 Å². The van der Waals surface area contributed by atoms with E-state index in [1.54, 1.807) is 0 Å². The molecule has 0 fully saturated rings. The quantitative estimate of drug-likeness (QED) is 0.324. The van der Waals surface area contributed by atoms with Crippen molar-refractivity contribution in [3.8, 4) is 5.75 Å². The van der Waals surface area contributed by atoms with Gasteiger partial charge in [0.25, 0.3) is 0 Å². The van der Waals surface area contributed by atoms with Crippen LogP contribution in [0.3, 0.4) is 0 Å². The van der Waals surface area contributed by atoms with E-state index in [0.29, 0.717) is 19.0 Å². The van der Waals surface area contributed by atoms with Gasteiger partial charge in [-0.1, -0.05) is 36.4 Å². The number of guanidine groups is 1. The number of imidazole rings is 1. The molecule has 176 valence electrons. The summed E-state index contributed by atoms with van der Waals surface area (Å²) >= 11 is 0. The van der Waals surface area contributed by atoms with Gasteiger partial charge in [0, 0.05) is 32.0 Å². The lowest BCUT2D eigenvalue weighted by Gasteiger charge is -2.16. The zero-order valence-corrected chi connectivity index (χ0v) is 20.0. The number of benzene rings is 2. The van der Waals surface area contributed by atoms with Crippen molar-refractivity contribution >= 4 is 5.96 Å². The summed E-state index contributed by atoms with van der Waals surface area (Å²) in [5.74, 6) is 2.47. The van der Waals surface area contributed by atoms with Gasteiger partial charge < -0.3 is 25.0 Å². The largest absolute Gasteiger partial charge is 0.491 e. The highest BCUT2D eigenvalue weighted by molar-refractivity contribution is 5.79. The maximum Gasteiger partial charge on any atom is 0.191 e. The van der Waals surface area contributed by atoms with Crippen LogP contribution in [0.5, 0.6) is 5.75 Å². The Labute approximate surface area is 196 Å². The molecule has 2 aromatic carbocycles. The Balaban J connectivity index is 1.58. The van der Waals surface area contributed by atoms with E-state index in [1.165, 1.54) is 5.56 Å². The van der Waals surface area contributed by atoms with Crippen molar-refractivity contribution in [1.82, 2.24) is 20.2 Å². The molecular formula is C26H35N5O2. The summed E-state index contributed by atoms with van der Waals surface area (Å²) in [4.78, 5) is 8.98. The van der Waals surface area contributed by atoms with E-state index in [1.807, 2.05) is 64.4 Å². The van der Waals surface area contributed by atoms with Gasteiger partial charge in [0.05, 0.1) is 18.8 Å². The van der Waals surface area contributed by atoms with Crippen LogP contribution in [0.4, 0.5) is 0 Å². The van der Waals surface area contributed by atoms with Gasteiger partial charge in [-0.3, -0.25) is 0 Å². The summed E-state index contributed by atoms with van der Waals surface area (Å²) in [6.45, 7) is 10.4. The summed E-state index contributed by atoms with van der Waals surface area (Å²) in [6, 6.07) is 16.0. The van der Waals surface area contributed by atoms with Crippen LogP contribution in [0.2, 0.25) is 0 Å². The molecular weight excluding hydrogens is 414 g/mol. The average molecular weight is 450 g/mol. The van der Waals surface area contributed by atoms with Crippen molar-refractivity contribution in [3.63, 3.8) is 0 Å². The molecule has 0 aliphatic heterocycles. The Kier molecular flexibility index (Phi) is 8.89. The molecule has 3 aromatic rings. The van der Waals surface area contributed by atoms with Crippen LogP contribution in [0.15, 0.2) is 65.9 Å². The number of hydrogen-bond acceptors (Lipinski definition) is 4. The normalized spacial score (nSPS) is 12.6. The molecule has 1 heterocycles. The molecule has 0 saturated carbocycles. The molecule has 3 rings (SSSR count). The molecule has 1 atom stereocenters. The van der Waals surface area contributed by atoms with Crippen LogP contribution in [-0.2, 0) is 13.1 Å². The first kappa shape index (κ1) is 24.3. The topological polar surface area (TPSA) is 83.7 Å². The first-order valence-electron chi connectivity index (χ1n) is 11.5. The molecule has 0 bridgehead atoms. The first-order valence-corrected chi connectivity index (χ1v) is 11.5. The highest BCUT2D eigenvalue weighted by Gasteiger charge is 2.09. The lowest BCUT2D eigenvalue weighted by atomic mass is 10.1. The molecule has 7 heteroatoms. The van der Waals surface area contributed by atoms with Crippen molar-refractivity contribution < 1.29 is 9.84 Å². The number of nitrogens with one attached hydrogen (secondary N) is 2. The van der Waals surface area contributed by atoms with Gasteiger partial charge in [0.1, 0.15) is 11.6 Å². The minimum Gasteiger partial charge on any atom is -0.491 e. The first-order chi connectivity index (χ1) is 15.9. The Hall–Kier alpha value is -3.32. The lowest BCUT2D eigenvalue weighted by Crippen LogP contribution is -2.39. The number of aliphatic hydroxyl groups is 1. The second-order valence-corrected chi connectivity index (χ2v) is 8.25. The number of nitrogens with zero attached hydrogens (tertiary/aromatic N) is 3. The third kappa shape index (κ3) is 7.64. The molecule has 0 saturated heterocycles. The smallest absolute Gasteiger partial charge is 0.191 e. The zero-order valence-electron chi connectivity index (χ0n) is 20.0. The van der Waals surface area contributed by atoms with Crippen molar-refractivity contribution in [2.75, 3.05) is 13.1 Å². The van der Waals surface area contributed by atoms with Crippen molar-refractivity contribution in [3.05, 3.63) is 83.4 Å². The number of hydrogen-bond donors (Lipinski definition) is 3. The summed E-state index contributed by atoms with van der Waals surface area (Å²) < 4.78 is 7.79. The van der Waals surface area contributed by atoms with Crippen LogP contribution in [0.1, 0.15) is 49.4 Å². The van der Waals surface area contributed by atoms with E-state index < -0.39 is 6.10 Å². The molecule has 1 unspecified atom stereocenters. The van der Waals surface area contributed by atoms with Gasteiger partial charge in [-0.15, -0.1) is 0 Å². The van der Waals surface area contributed by atoms with Crippen LogP contribution < -0.4 is 15.4 Å². The van der Waals surface area contributed by atoms with E-state index in [-0.39, 0.29) is 6.10 Å². The third-order valence-corrected chi connectivity index (χ3v) is 5.13. The summed E-state index contributed by atoms with van der Waals surface area (Å²) in [5.41, 5.74) is 3.17. The fourth-order valence-electron chi connectivity index (χ4n) is 3.46. The van der Waals surface area contributed by atoms with Crippen LogP contribution >= 0.6 is 0 Å². The molecule has 0 amide bonds. The fraction of sp³-hybridized carbons (Fsp3) is 0.385. The SMILES string of the molecule is CCNC(=NCc1cccc(Cn2ccnc2C)c1)NCC(O)c1ccc(OC(C)C)cc1. The van der Waals surface area contributed by atoms with E-state index >= 15 is 0 Å². The predicted molar refractivity (Wildman–Crippen MR) is 132 cm³/mol. The van der Waals surface area contributed by atoms with Crippen LogP contribution in [-0.4, -0.2) is 39.8 Å². The molecule has 0 aliphatic rings. The van der Waals surface area contributed by atoms with Crippen molar-refractivity contribution in [2.24, 2.45) is 4.99 Å². The number of ether oxygens (including phenoxy) is 1. The minimum absolute atomic E-state index is 0.122. The number of aryl methyl sites for hydroxylation is 1. The molecule has 3 N–H and O–H groups in total. The highest BCUT2D eigenvalue weighted by Crippen LogP contribution is 2.18. The van der Waals surface area contributed by atoms with E-state index in [0.717, 1.165) is 35.8 Å².